The molecule has 1 aliphatic rings. The van der Waals surface area contributed by atoms with E-state index < -0.39 is 6.36 Å². The van der Waals surface area contributed by atoms with Crippen LogP contribution in [-0.2, 0) is 6.42 Å². The van der Waals surface area contributed by atoms with Gasteiger partial charge < -0.3 is 14.8 Å². The van der Waals surface area contributed by atoms with Crippen LogP contribution in [0, 0.1) is 0 Å². The Hall–Kier alpha value is -2.60. The van der Waals surface area contributed by atoms with Crippen molar-refractivity contribution in [2.45, 2.75) is 31.5 Å². The lowest BCUT2D eigenvalue weighted by Gasteiger charge is -2.14. The standard InChI is InChI=1S/C21H17ClF3NO2/c1-11(27)16-6-7-17(12-2-3-12)18(20(16)22)9-14-8-13-4-5-15(10-19(13)26-14)28-21(23,24)25/h4-8,10,12,26-27H,1-3,9H2. The zero-order valence-electron chi connectivity index (χ0n) is 14.7. The Bertz CT molecular complexity index is 1070. The van der Waals surface area contributed by atoms with E-state index in [-0.39, 0.29) is 11.5 Å². The number of alkyl halides is 3. The highest BCUT2D eigenvalue weighted by atomic mass is 35.5. The van der Waals surface area contributed by atoms with E-state index in [1.807, 2.05) is 12.1 Å². The van der Waals surface area contributed by atoms with Crippen LogP contribution in [0.15, 0.2) is 43.0 Å². The number of hydrogen-bond acceptors (Lipinski definition) is 2. The van der Waals surface area contributed by atoms with Gasteiger partial charge in [0.15, 0.2) is 0 Å². The third-order valence-electron chi connectivity index (χ3n) is 4.86. The number of rotatable bonds is 5. The van der Waals surface area contributed by atoms with Crippen LogP contribution in [0.5, 0.6) is 5.75 Å². The first-order valence-electron chi connectivity index (χ1n) is 8.78. The number of aliphatic hydroxyl groups is 1. The van der Waals surface area contributed by atoms with E-state index in [2.05, 4.69) is 16.3 Å². The van der Waals surface area contributed by atoms with Crippen LogP contribution in [0.1, 0.15) is 41.1 Å². The number of aromatic nitrogens is 1. The summed E-state index contributed by atoms with van der Waals surface area (Å²) < 4.78 is 41.3. The number of aromatic amines is 1. The number of aliphatic hydroxyl groups excluding tert-OH is 1. The van der Waals surface area contributed by atoms with Crippen LogP contribution < -0.4 is 4.74 Å². The van der Waals surface area contributed by atoms with Crippen molar-refractivity contribution in [3.8, 4) is 5.75 Å². The first-order chi connectivity index (χ1) is 13.2. The lowest BCUT2D eigenvalue weighted by molar-refractivity contribution is -0.274. The van der Waals surface area contributed by atoms with Crippen molar-refractivity contribution in [1.82, 2.24) is 4.98 Å². The molecule has 1 aromatic heterocycles. The Morgan fingerprint density at radius 2 is 1.96 bits per heavy atom. The maximum Gasteiger partial charge on any atom is 0.573 e. The molecule has 0 spiro atoms. The van der Waals surface area contributed by atoms with Crippen molar-refractivity contribution < 1.29 is 23.0 Å². The third-order valence-corrected chi connectivity index (χ3v) is 5.29. The van der Waals surface area contributed by atoms with Gasteiger partial charge in [-0.3, -0.25) is 0 Å². The van der Waals surface area contributed by atoms with E-state index >= 15 is 0 Å². The van der Waals surface area contributed by atoms with Gasteiger partial charge in [-0.2, -0.15) is 0 Å². The van der Waals surface area contributed by atoms with Crippen LogP contribution >= 0.6 is 11.6 Å². The molecule has 7 heteroatoms. The second kappa shape index (κ2) is 6.78. The highest BCUT2D eigenvalue weighted by molar-refractivity contribution is 6.33. The molecule has 0 aliphatic heterocycles. The fraction of sp³-hybridized carbons (Fsp3) is 0.238. The van der Waals surface area contributed by atoms with Gasteiger partial charge >= 0.3 is 6.36 Å². The molecule has 1 aliphatic carbocycles. The predicted molar refractivity (Wildman–Crippen MR) is 103 cm³/mol. The summed E-state index contributed by atoms with van der Waals surface area (Å²) in [5.41, 5.74) is 3.87. The second-order valence-corrected chi connectivity index (χ2v) is 7.36. The topological polar surface area (TPSA) is 45.2 Å². The van der Waals surface area contributed by atoms with Crippen molar-refractivity contribution in [3.05, 3.63) is 70.4 Å². The van der Waals surface area contributed by atoms with Crippen LogP contribution in [0.25, 0.3) is 16.7 Å². The second-order valence-electron chi connectivity index (χ2n) is 6.98. The van der Waals surface area contributed by atoms with Gasteiger partial charge in [0, 0.05) is 29.3 Å². The minimum atomic E-state index is -4.73. The maximum absolute atomic E-state index is 12.4. The van der Waals surface area contributed by atoms with E-state index in [0.29, 0.717) is 28.4 Å². The summed E-state index contributed by atoms with van der Waals surface area (Å²) in [4.78, 5) is 3.14. The van der Waals surface area contributed by atoms with Gasteiger partial charge in [-0.15, -0.1) is 13.2 Å². The Kier molecular flexibility index (Phi) is 4.54. The molecule has 3 nitrogen and oxygen atoms in total. The van der Waals surface area contributed by atoms with Gasteiger partial charge in [-0.05, 0) is 59.5 Å². The van der Waals surface area contributed by atoms with Crippen LogP contribution in [0.3, 0.4) is 0 Å². The smallest absolute Gasteiger partial charge is 0.508 e. The van der Waals surface area contributed by atoms with E-state index in [0.717, 1.165) is 35.0 Å². The van der Waals surface area contributed by atoms with Crippen LogP contribution in [0.4, 0.5) is 13.2 Å². The summed E-state index contributed by atoms with van der Waals surface area (Å²) in [6.45, 7) is 3.56. The molecular formula is C21H17ClF3NO2. The average molecular weight is 408 g/mol. The first-order valence-corrected chi connectivity index (χ1v) is 9.16. The lowest BCUT2D eigenvalue weighted by atomic mass is 9.96. The van der Waals surface area contributed by atoms with Gasteiger partial charge in [0.2, 0.25) is 0 Å². The SMILES string of the molecule is C=C(O)c1ccc(C2CC2)c(Cc2cc3ccc(OC(F)(F)F)cc3[nH]2)c1Cl. The van der Waals surface area contributed by atoms with Gasteiger partial charge in [0.05, 0.1) is 5.02 Å². The minimum absolute atomic E-state index is 0.0980. The summed E-state index contributed by atoms with van der Waals surface area (Å²) in [6.07, 6.45) is -2.08. The molecule has 2 N–H and O–H groups in total. The number of halogens is 4. The molecule has 28 heavy (non-hydrogen) atoms. The Morgan fingerprint density at radius 1 is 1.21 bits per heavy atom. The van der Waals surface area contributed by atoms with Crippen LogP contribution in [0.2, 0.25) is 5.02 Å². The molecule has 1 heterocycles. The molecule has 0 radical (unpaired) electrons. The highest BCUT2D eigenvalue weighted by Crippen LogP contribution is 2.45. The minimum Gasteiger partial charge on any atom is -0.508 e. The van der Waals surface area contributed by atoms with Crippen molar-refractivity contribution >= 4 is 28.3 Å². The van der Waals surface area contributed by atoms with E-state index in [4.69, 9.17) is 11.6 Å². The summed E-state index contributed by atoms with van der Waals surface area (Å²) in [5.74, 6) is 0.0764. The summed E-state index contributed by atoms with van der Waals surface area (Å²) in [5, 5.41) is 11.0. The van der Waals surface area contributed by atoms with Crippen molar-refractivity contribution in [1.29, 1.82) is 0 Å². The zero-order chi connectivity index (χ0) is 20.1. The molecule has 2 aromatic carbocycles. The third kappa shape index (κ3) is 3.83. The van der Waals surface area contributed by atoms with Crippen molar-refractivity contribution in [2.75, 3.05) is 0 Å². The fourth-order valence-electron chi connectivity index (χ4n) is 3.46. The average Bonchev–Trinajstić information content (AvgIpc) is 3.35. The summed E-state index contributed by atoms with van der Waals surface area (Å²) in [6, 6.07) is 9.79. The molecule has 4 rings (SSSR count). The van der Waals surface area contributed by atoms with E-state index in [9.17, 15) is 18.3 Å². The largest absolute Gasteiger partial charge is 0.573 e. The van der Waals surface area contributed by atoms with Gasteiger partial charge in [-0.1, -0.05) is 24.2 Å². The number of ether oxygens (including phenoxy) is 1. The van der Waals surface area contributed by atoms with E-state index in [1.165, 1.54) is 12.1 Å². The lowest BCUT2D eigenvalue weighted by Crippen LogP contribution is -2.16. The molecule has 0 bridgehead atoms. The molecule has 1 fully saturated rings. The van der Waals surface area contributed by atoms with Crippen molar-refractivity contribution in [2.24, 2.45) is 0 Å². The zero-order valence-corrected chi connectivity index (χ0v) is 15.5. The molecule has 0 saturated heterocycles. The van der Waals surface area contributed by atoms with Crippen molar-refractivity contribution in [3.63, 3.8) is 0 Å². The molecular weight excluding hydrogens is 391 g/mol. The Labute approximate surface area is 164 Å². The Balaban J connectivity index is 1.70. The monoisotopic (exact) mass is 407 g/mol. The molecule has 0 atom stereocenters. The fourth-order valence-corrected chi connectivity index (χ4v) is 3.81. The first kappa shape index (κ1) is 18.7. The molecule has 0 unspecified atom stereocenters. The normalized spacial score (nSPS) is 14.4. The quantitative estimate of drug-likeness (QED) is 0.461. The number of hydrogen-bond donors (Lipinski definition) is 2. The Morgan fingerprint density at radius 3 is 2.61 bits per heavy atom. The molecule has 0 amide bonds. The number of benzene rings is 2. The summed E-state index contributed by atoms with van der Waals surface area (Å²) >= 11 is 6.55. The maximum atomic E-state index is 12.4. The number of H-pyrrole nitrogens is 1. The molecule has 3 aromatic rings. The predicted octanol–water partition coefficient (Wildman–Crippen LogP) is 6.72. The van der Waals surface area contributed by atoms with Gasteiger partial charge in [0.1, 0.15) is 11.5 Å². The molecule has 1 saturated carbocycles. The van der Waals surface area contributed by atoms with Crippen LogP contribution in [-0.4, -0.2) is 16.5 Å². The number of nitrogens with one attached hydrogen (secondary N) is 1. The van der Waals surface area contributed by atoms with Gasteiger partial charge in [-0.25, -0.2) is 0 Å². The highest BCUT2D eigenvalue weighted by Gasteiger charge is 2.31. The molecule has 146 valence electrons. The van der Waals surface area contributed by atoms with Gasteiger partial charge in [0.25, 0.3) is 0 Å². The summed E-state index contributed by atoms with van der Waals surface area (Å²) in [7, 11) is 0. The van der Waals surface area contributed by atoms with E-state index in [1.54, 1.807) is 12.1 Å². The number of fused-ring (bicyclic) bond motifs is 1.